The van der Waals surface area contributed by atoms with Crippen molar-refractivity contribution in [1.29, 1.82) is 0 Å². The summed E-state index contributed by atoms with van der Waals surface area (Å²) in [6, 6.07) is 10.2. The van der Waals surface area contributed by atoms with Crippen LogP contribution in [0.1, 0.15) is 18.6 Å². The lowest BCUT2D eigenvalue weighted by molar-refractivity contribution is -0.121. The first kappa shape index (κ1) is 18.3. The fourth-order valence-corrected chi connectivity index (χ4v) is 3.40. The van der Waals surface area contributed by atoms with Gasteiger partial charge >= 0.3 is 0 Å². The quantitative estimate of drug-likeness (QED) is 0.726. The molecule has 1 aliphatic heterocycles. The van der Waals surface area contributed by atoms with E-state index in [1.54, 1.807) is 29.4 Å². The number of carbonyl (C=O) groups excluding carboxylic acids is 1. The van der Waals surface area contributed by atoms with E-state index >= 15 is 0 Å². The van der Waals surface area contributed by atoms with E-state index in [-0.39, 0.29) is 29.8 Å². The summed E-state index contributed by atoms with van der Waals surface area (Å²) in [6.07, 6.45) is 4.91. The predicted molar refractivity (Wildman–Crippen MR) is 101 cm³/mol. The van der Waals surface area contributed by atoms with Gasteiger partial charge in [0, 0.05) is 12.7 Å². The molecule has 2 aromatic heterocycles. The second kappa shape index (κ2) is 7.90. The van der Waals surface area contributed by atoms with Gasteiger partial charge < -0.3 is 9.32 Å². The lowest BCUT2D eigenvalue weighted by Crippen LogP contribution is -2.50. The smallest absolute Gasteiger partial charge is 0.244 e. The number of hydrogen-bond acceptors (Lipinski definition) is 4. The van der Waals surface area contributed by atoms with Gasteiger partial charge in [-0.25, -0.2) is 8.78 Å². The number of furan rings is 1. The van der Waals surface area contributed by atoms with E-state index in [9.17, 15) is 13.6 Å². The maximum Gasteiger partial charge on any atom is 0.244 e. The largest absolute Gasteiger partial charge is 0.460 e. The highest BCUT2D eigenvalue weighted by atomic mass is 19.1. The van der Waals surface area contributed by atoms with Gasteiger partial charge in [0.1, 0.15) is 23.2 Å². The molecule has 1 atom stereocenters. The Kier molecular flexibility index (Phi) is 5.16. The van der Waals surface area contributed by atoms with Crippen LogP contribution in [0.5, 0.6) is 0 Å². The molecular weight excluding hydrogens is 364 g/mol. The average Bonchev–Trinajstić information content (AvgIpc) is 3.16. The summed E-state index contributed by atoms with van der Waals surface area (Å²) in [5, 5.41) is 3.19. The third-order valence-electron chi connectivity index (χ3n) is 4.79. The van der Waals surface area contributed by atoms with Crippen LogP contribution in [0, 0.1) is 11.6 Å². The molecule has 28 heavy (non-hydrogen) atoms. The van der Waals surface area contributed by atoms with E-state index in [1.165, 1.54) is 24.3 Å². The molecule has 0 radical (unpaired) electrons. The lowest BCUT2D eigenvalue weighted by atomic mass is 10.0. The zero-order valence-corrected chi connectivity index (χ0v) is 15.1. The Morgan fingerprint density at radius 3 is 2.71 bits per heavy atom. The van der Waals surface area contributed by atoms with E-state index in [1.807, 2.05) is 6.07 Å². The summed E-state index contributed by atoms with van der Waals surface area (Å²) in [5.74, 6) is -0.749. The Morgan fingerprint density at radius 1 is 1.14 bits per heavy atom. The summed E-state index contributed by atoms with van der Waals surface area (Å²) >= 11 is 0. The molecule has 7 heteroatoms. The maximum absolute atomic E-state index is 13.9. The van der Waals surface area contributed by atoms with Crippen molar-refractivity contribution in [3.8, 4) is 11.3 Å². The van der Waals surface area contributed by atoms with Gasteiger partial charge in [0.2, 0.25) is 5.91 Å². The second-order valence-electron chi connectivity index (χ2n) is 6.64. The average molecular weight is 383 g/mol. The molecule has 0 aliphatic carbocycles. The summed E-state index contributed by atoms with van der Waals surface area (Å²) in [5.41, 5.74) is 0.583. The Morgan fingerprint density at radius 2 is 1.96 bits per heavy atom. The van der Waals surface area contributed by atoms with Gasteiger partial charge in [-0.05, 0) is 49.2 Å². The van der Waals surface area contributed by atoms with E-state index in [2.05, 4.69) is 10.3 Å². The van der Waals surface area contributed by atoms with Crippen LogP contribution in [0.25, 0.3) is 11.3 Å². The number of halogens is 2. The zero-order valence-electron chi connectivity index (χ0n) is 15.1. The number of anilines is 1. The van der Waals surface area contributed by atoms with Crippen molar-refractivity contribution in [2.45, 2.75) is 25.4 Å². The van der Waals surface area contributed by atoms with Crippen molar-refractivity contribution >= 4 is 11.6 Å². The highest BCUT2D eigenvalue weighted by Crippen LogP contribution is 2.28. The number of pyridine rings is 1. The van der Waals surface area contributed by atoms with Gasteiger partial charge in [-0.1, -0.05) is 6.07 Å². The topological polar surface area (TPSA) is 58.4 Å². The highest BCUT2D eigenvalue weighted by molar-refractivity contribution is 5.97. The van der Waals surface area contributed by atoms with Gasteiger partial charge in [0.05, 0.1) is 30.0 Å². The fraction of sp³-hybridized carbons (Fsp3) is 0.238. The van der Waals surface area contributed by atoms with Crippen LogP contribution in [0.15, 0.2) is 59.3 Å². The number of benzene rings is 1. The molecule has 3 aromatic rings. The van der Waals surface area contributed by atoms with Crippen molar-refractivity contribution in [3.63, 3.8) is 0 Å². The molecule has 1 N–H and O–H groups in total. The van der Waals surface area contributed by atoms with Crippen LogP contribution < -0.4 is 10.2 Å². The third kappa shape index (κ3) is 3.66. The normalized spacial score (nSPS) is 17.1. The molecule has 1 aliphatic rings. The minimum absolute atomic E-state index is 0.0221. The Balaban J connectivity index is 1.44. The van der Waals surface area contributed by atoms with Crippen molar-refractivity contribution in [2.75, 3.05) is 11.4 Å². The first-order valence-electron chi connectivity index (χ1n) is 9.11. The standard InChI is InChI=1S/C21H19F2N3O2/c22-16-5-1-6-17(23)20(16)19-9-8-15(28-19)13-25-18-7-3-11-26(21(18)27)14-4-2-10-24-12-14/h1-2,4-6,8-10,12,18,25H,3,7,11,13H2. The lowest BCUT2D eigenvalue weighted by Gasteiger charge is -2.32. The van der Waals surface area contributed by atoms with Crippen LogP contribution in [-0.2, 0) is 11.3 Å². The van der Waals surface area contributed by atoms with Crippen LogP contribution in [0.2, 0.25) is 0 Å². The van der Waals surface area contributed by atoms with E-state index in [4.69, 9.17) is 4.42 Å². The van der Waals surface area contributed by atoms with E-state index in [0.29, 0.717) is 18.7 Å². The van der Waals surface area contributed by atoms with E-state index < -0.39 is 11.6 Å². The molecule has 1 aromatic carbocycles. The first-order chi connectivity index (χ1) is 13.6. The number of nitrogens with one attached hydrogen (secondary N) is 1. The van der Waals surface area contributed by atoms with Gasteiger partial charge in [-0.15, -0.1) is 0 Å². The first-order valence-corrected chi connectivity index (χ1v) is 9.11. The predicted octanol–water partition coefficient (Wildman–Crippen LogP) is 3.91. The molecular formula is C21H19F2N3O2. The van der Waals surface area contributed by atoms with Crippen LogP contribution >= 0.6 is 0 Å². The Labute approximate surface area is 161 Å². The number of hydrogen-bond donors (Lipinski definition) is 1. The second-order valence-corrected chi connectivity index (χ2v) is 6.64. The van der Waals surface area contributed by atoms with Crippen molar-refractivity contribution in [1.82, 2.24) is 10.3 Å². The van der Waals surface area contributed by atoms with Crippen molar-refractivity contribution in [3.05, 3.63) is 72.3 Å². The monoisotopic (exact) mass is 383 g/mol. The molecule has 5 nitrogen and oxygen atoms in total. The van der Waals surface area contributed by atoms with Crippen LogP contribution in [-0.4, -0.2) is 23.5 Å². The zero-order chi connectivity index (χ0) is 19.5. The molecule has 1 fully saturated rings. The molecule has 1 amide bonds. The number of carbonyl (C=O) groups is 1. The minimum Gasteiger partial charge on any atom is -0.460 e. The molecule has 1 saturated heterocycles. The Bertz CT molecular complexity index is 955. The number of aromatic nitrogens is 1. The van der Waals surface area contributed by atoms with Gasteiger partial charge in [-0.2, -0.15) is 0 Å². The summed E-state index contributed by atoms with van der Waals surface area (Å²) < 4.78 is 33.4. The van der Waals surface area contributed by atoms with Crippen molar-refractivity contribution in [2.24, 2.45) is 0 Å². The van der Waals surface area contributed by atoms with Gasteiger partial charge in [0.15, 0.2) is 0 Å². The number of piperidine rings is 1. The molecule has 1 unspecified atom stereocenters. The van der Waals surface area contributed by atoms with Crippen LogP contribution in [0.4, 0.5) is 14.5 Å². The number of rotatable bonds is 5. The number of amides is 1. The Hall–Kier alpha value is -3.06. The molecule has 0 saturated carbocycles. The molecule has 0 spiro atoms. The van der Waals surface area contributed by atoms with Gasteiger partial charge in [-0.3, -0.25) is 15.1 Å². The third-order valence-corrected chi connectivity index (χ3v) is 4.79. The summed E-state index contributed by atoms with van der Waals surface area (Å²) in [7, 11) is 0. The summed E-state index contributed by atoms with van der Waals surface area (Å²) in [6.45, 7) is 0.938. The summed E-state index contributed by atoms with van der Waals surface area (Å²) in [4.78, 5) is 18.6. The molecule has 3 heterocycles. The molecule has 4 rings (SSSR count). The van der Waals surface area contributed by atoms with E-state index in [0.717, 1.165) is 12.1 Å². The van der Waals surface area contributed by atoms with Crippen LogP contribution in [0.3, 0.4) is 0 Å². The number of nitrogens with zero attached hydrogens (tertiary/aromatic N) is 2. The molecule has 144 valence electrons. The molecule has 0 bridgehead atoms. The maximum atomic E-state index is 13.9. The van der Waals surface area contributed by atoms with Crippen molar-refractivity contribution < 1.29 is 18.0 Å². The highest BCUT2D eigenvalue weighted by Gasteiger charge is 2.29. The van der Waals surface area contributed by atoms with Gasteiger partial charge in [0.25, 0.3) is 0 Å². The minimum atomic E-state index is -0.677. The SMILES string of the molecule is O=C1C(NCc2ccc(-c3c(F)cccc3F)o2)CCCN1c1cccnc1. The fourth-order valence-electron chi connectivity index (χ4n) is 3.40.